The highest BCUT2D eigenvalue weighted by atomic mass is 16.4. The van der Waals surface area contributed by atoms with E-state index in [2.05, 4.69) is 5.32 Å². The number of rotatable bonds is 2. The topological polar surface area (TPSA) is 69.6 Å². The summed E-state index contributed by atoms with van der Waals surface area (Å²) in [5.74, 6) is -1.02. The van der Waals surface area contributed by atoms with Crippen molar-refractivity contribution in [2.45, 2.75) is 19.4 Å². The first-order valence-corrected chi connectivity index (χ1v) is 5.50. The zero-order chi connectivity index (χ0) is 12.4. The summed E-state index contributed by atoms with van der Waals surface area (Å²) in [5.41, 5.74) is 0.599. The van der Waals surface area contributed by atoms with Crippen LogP contribution in [0.3, 0.4) is 0 Å². The van der Waals surface area contributed by atoms with Gasteiger partial charge in [0, 0.05) is 12.6 Å². The normalized spacial score (nSPS) is 19.9. The van der Waals surface area contributed by atoms with Gasteiger partial charge in [-0.25, -0.2) is 9.59 Å². The first-order valence-electron chi connectivity index (χ1n) is 5.50. The van der Waals surface area contributed by atoms with Crippen molar-refractivity contribution in [1.82, 2.24) is 5.32 Å². The number of amides is 2. The summed E-state index contributed by atoms with van der Waals surface area (Å²) in [4.78, 5) is 24.4. The van der Waals surface area contributed by atoms with Crippen molar-refractivity contribution in [2.75, 3.05) is 11.4 Å². The second-order valence-electron chi connectivity index (χ2n) is 4.11. The summed E-state index contributed by atoms with van der Waals surface area (Å²) in [5, 5.41) is 11.9. The third-order valence-electron chi connectivity index (χ3n) is 2.83. The summed E-state index contributed by atoms with van der Waals surface area (Å²) in [6.45, 7) is 2.47. The molecule has 1 heterocycles. The smallest absolute Gasteiger partial charge is 0.337 e. The Kier molecular flexibility index (Phi) is 2.99. The number of para-hydroxylation sites is 1. The number of benzene rings is 1. The number of carbonyl (C=O) groups is 2. The van der Waals surface area contributed by atoms with Gasteiger partial charge < -0.3 is 10.4 Å². The highest BCUT2D eigenvalue weighted by molar-refractivity contribution is 6.01. The first-order chi connectivity index (χ1) is 8.09. The maximum Gasteiger partial charge on any atom is 0.337 e. The molecule has 0 bridgehead atoms. The number of aromatic carboxylic acids is 1. The molecule has 0 aliphatic carbocycles. The molecule has 2 rings (SSSR count). The van der Waals surface area contributed by atoms with Crippen molar-refractivity contribution in [3.63, 3.8) is 0 Å². The number of urea groups is 1. The molecule has 1 atom stereocenters. The fourth-order valence-electron chi connectivity index (χ4n) is 1.90. The average molecular weight is 234 g/mol. The van der Waals surface area contributed by atoms with Crippen molar-refractivity contribution in [3.05, 3.63) is 29.8 Å². The molecule has 17 heavy (non-hydrogen) atoms. The van der Waals surface area contributed by atoms with Crippen molar-refractivity contribution in [2.24, 2.45) is 0 Å². The van der Waals surface area contributed by atoms with Crippen molar-refractivity contribution >= 4 is 17.7 Å². The van der Waals surface area contributed by atoms with Gasteiger partial charge in [0.05, 0.1) is 11.3 Å². The molecule has 1 aliphatic heterocycles. The van der Waals surface area contributed by atoms with Crippen LogP contribution in [-0.2, 0) is 0 Å². The Morgan fingerprint density at radius 1 is 1.47 bits per heavy atom. The molecule has 90 valence electrons. The van der Waals surface area contributed by atoms with E-state index in [1.54, 1.807) is 18.2 Å². The second-order valence-corrected chi connectivity index (χ2v) is 4.11. The minimum atomic E-state index is -1.02. The highest BCUT2D eigenvalue weighted by Crippen LogP contribution is 2.22. The molecule has 0 radical (unpaired) electrons. The molecule has 1 unspecified atom stereocenters. The molecular weight excluding hydrogens is 220 g/mol. The molecule has 0 saturated carbocycles. The number of nitrogens with zero attached hydrogens (tertiary/aromatic N) is 1. The summed E-state index contributed by atoms with van der Waals surface area (Å²) < 4.78 is 0. The third kappa shape index (κ3) is 2.22. The van der Waals surface area contributed by atoms with Crippen LogP contribution in [0.2, 0.25) is 0 Å². The van der Waals surface area contributed by atoms with Crippen LogP contribution < -0.4 is 10.2 Å². The minimum absolute atomic E-state index is 0.135. The molecule has 1 aliphatic rings. The monoisotopic (exact) mass is 234 g/mol. The number of hydrogen-bond donors (Lipinski definition) is 2. The Labute approximate surface area is 99.0 Å². The molecule has 5 heteroatoms. The SMILES string of the molecule is CC1CCN(c2ccccc2C(=O)O)C(=O)N1. The lowest BCUT2D eigenvalue weighted by atomic mass is 10.1. The maximum absolute atomic E-state index is 11.8. The van der Waals surface area contributed by atoms with E-state index in [9.17, 15) is 9.59 Å². The van der Waals surface area contributed by atoms with Crippen LogP contribution in [0.25, 0.3) is 0 Å². The van der Waals surface area contributed by atoms with Gasteiger partial charge in [-0.15, -0.1) is 0 Å². The Morgan fingerprint density at radius 2 is 2.18 bits per heavy atom. The summed E-state index contributed by atoms with van der Waals surface area (Å²) >= 11 is 0. The molecular formula is C12H14N2O3. The van der Waals surface area contributed by atoms with Gasteiger partial charge in [0.2, 0.25) is 0 Å². The Morgan fingerprint density at radius 3 is 2.82 bits per heavy atom. The molecule has 1 saturated heterocycles. The van der Waals surface area contributed by atoms with Crippen LogP contribution >= 0.6 is 0 Å². The van der Waals surface area contributed by atoms with E-state index in [1.165, 1.54) is 11.0 Å². The van der Waals surface area contributed by atoms with Crippen LogP contribution in [0.1, 0.15) is 23.7 Å². The summed E-state index contributed by atoms with van der Waals surface area (Å²) in [6.07, 6.45) is 0.805. The second kappa shape index (κ2) is 4.45. The molecule has 1 fully saturated rings. The van der Waals surface area contributed by atoms with Crippen LogP contribution in [0.4, 0.5) is 10.5 Å². The van der Waals surface area contributed by atoms with Crippen molar-refractivity contribution < 1.29 is 14.7 Å². The largest absolute Gasteiger partial charge is 0.478 e. The lowest BCUT2D eigenvalue weighted by Gasteiger charge is -2.31. The number of nitrogens with one attached hydrogen (secondary N) is 1. The predicted molar refractivity (Wildman–Crippen MR) is 63.4 cm³/mol. The molecule has 5 nitrogen and oxygen atoms in total. The number of hydrogen-bond acceptors (Lipinski definition) is 2. The zero-order valence-corrected chi connectivity index (χ0v) is 9.51. The van der Waals surface area contributed by atoms with Gasteiger partial charge in [0.15, 0.2) is 0 Å². The fraction of sp³-hybridized carbons (Fsp3) is 0.333. The number of carboxylic acid groups (broad SMARTS) is 1. The predicted octanol–water partition coefficient (Wildman–Crippen LogP) is 1.69. The van der Waals surface area contributed by atoms with E-state index < -0.39 is 5.97 Å². The van der Waals surface area contributed by atoms with Crippen LogP contribution in [-0.4, -0.2) is 29.7 Å². The van der Waals surface area contributed by atoms with E-state index in [1.807, 2.05) is 6.92 Å². The van der Waals surface area contributed by atoms with Gasteiger partial charge in [-0.3, -0.25) is 4.90 Å². The lowest BCUT2D eigenvalue weighted by Crippen LogP contribution is -2.51. The highest BCUT2D eigenvalue weighted by Gasteiger charge is 2.26. The van der Waals surface area contributed by atoms with Gasteiger partial charge in [0.25, 0.3) is 0 Å². The first kappa shape index (κ1) is 11.4. The minimum Gasteiger partial charge on any atom is -0.478 e. The summed E-state index contributed by atoms with van der Waals surface area (Å²) in [7, 11) is 0. The number of carbonyl (C=O) groups excluding carboxylic acids is 1. The number of carboxylic acids is 1. The fourth-order valence-corrected chi connectivity index (χ4v) is 1.90. The molecule has 0 aromatic heterocycles. The van der Waals surface area contributed by atoms with E-state index >= 15 is 0 Å². The summed E-state index contributed by atoms with van der Waals surface area (Å²) in [6, 6.07) is 6.43. The van der Waals surface area contributed by atoms with Crippen LogP contribution in [0.5, 0.6) is 0 Å². The van der Waals surface area contributed by atoms with Crippen molar-refractivity contribution in [1.29, 1.82) is 0 Å². The van der Waals surface area contributed by atoms with Crippen LogP contribution in [0, 0.1) is 0 Å². The van der Waals surface area contributed by atoms with Gasteiger partial charge in [0.1, 0.15) is 0 Å². The third-order valence-corrected chi connectivity index (χ3v) is 2.83. The van der Waals surface area contributed by atoms with Gasteiger partial charge in [-0.05, 0) is 25.5 Å². The van der Waals surface area contributed by atoms with E-state index in [-0.39, 0.29) is 17.6 Å². The molecule has 1 aromatic rings. The maximum atomic E-state index is 11.8. The Hall–Kier alpha value is -2.04. The lowest BCUT2D eigenvalue weighted by molar-refractivity contribution is 0.0697. The van der Waals surface area contributed by atoms with Gasteiger partial charge in [-0.2, -0.15) is 0 Å². The van der Waals surface area contributed by atoms with E-state index in [0.717, 1.165) is 6.42 Å². The van der Waals surface area contributed by atoms with E-state index in [0.29, 0.717) is 12.2 Å². The number of anilines is 1. The molecule has 2 N–H and O–H groups in total. The van der Waals surface area contributed by atoms with Gasteiger partial charge >= 0.3 is 12.0 Å². The Balaban J connectivity index is 2.34. The van der Waals surface area contributed by atoms with Gasteiger partial charge in [-0.1, -0.05) is 12.1 Å². The molecule has 1 aromatic carbocycles. The molecule has 2 amide bonds. The Bertz CT molecular complexity index is 459. The van der Waals surface area contributed by atoms with Crippen LogP contribution in [0.15, 0.2) is 24.3 Å². The molecule has 0 spiro atoms. The van der Waals surface area contributed by atoms with Crippen molar-refractivity contribution in [3.8, 4) is 0 Å². The zero-order valence-electron chi connectivity index (χ0n) is 9.51. The standard InChI is InChI=1S/C12H14N2O3/c1-8-6-7-14(12(17)13-8)10-5-3-2-4-9(10)11(15)16/h2-5,8H,6-7H2,1H3,(H,13,17)(H,15,16). The van der Waals surface area contributed by atoms with E-state index in [4.69, 9.17) is 5.11 Å². The average Bonchev–Trinajstić information content (AvgIpc) is 2.29. The quantitative estimate of drug-likeness (QED) is 0.818.